The van der Waals surface area contributed by atoms with Crippen molar-refractivity contribution in [1.82, 2.24) is 19.6 Å². The fourth-order valence-electron chi connectivity index (χ4n) is 3.21. The monoisotopic (exact) mass is 344 g/mol. The second-order valence-electron chi connectivity index (χ2n) is 6.40. The molecule has 132 valence electrons. The maximum atomic E-state index is 14.0. The van der Waals surface area contributed by atoms with Crippen LogP contribution in [0, 0.1) is 12.7 Å². The number of nitrogens with zero attached hydrogens (tertiary/aromatic N) is 4. The van der Waals surface area contributed by atoms with Crippen LogP contribution in [0.4, 0.5) is 4.39 Å². The molecule has 6 nitrogen and oxygen atoms in total. The number of likely N-dealkylation sites (tertiary alicyclic amines) is 1. The van der Waals surface area contributed by atoms with E-state index in [0.29, 0.717) is 29.9 Å². The van der Waals surface area contributed by atoms with Crippen molar-refractivity contribution in [2.75, 3.05) is 20.6 Å². The molecule has 1 aliphatic heterocycles. The van der Waals surface area contributed by atoms with Crippen LogP contribution in [0.25, 0.3) is 5.69 Å². The van der Waals surface area contributed by atoms with E-state index in [1.54, 1.807) is 44.1 Å². The van der Waals surface area contributed by atoms with E-state index in [1.807, 2.05) is 0 Å². The molecule has 1 aliphatic rings. The summed E-state index contributed by atoms with van der Waals surface area (Å²) in [5.74, 6) is -0.725. The Morgan fingerprint density at radius 1 is 1.28 bits per heavy atom. The number of amides is 2. The highest BCUT2D eigenvalue weighted by atomic mass is 19.1. The second kappa shape index (κ2) is 6.66. The van der Waals surface area contributed by atoms with Crippen molar-refractivity contribution in [3.63, 3.8) is 0 Å². The molecule has 25 heavy (non-hydrogen) atoms. The summed E-state index contributed by atoms with van der Waals surface area (Å²) in [6, 6.07) is 5.83. The van der Waals surface area contributed by atoms with Crippen LogP contribution in [-0.4, -0.2) is 58.1 Å². The minimum atomic E-state index is -0.446. The lowest BCUT2D eigenvalue weighted by Gasteiger charge is -2.26. The third kappa shape index (κ3) is 3.01. The molecule has 3 rings (SSSR count). The van der Waals surface area contributed by atoms with Crippen molar-refractivity contribution in [3.05, 3.63) is 47.5 Å². The van der Waals surface area contributed by atoms with Gasteiger partial charge in [-0.1, -0.05) is 12.1 Å². The molecule has 1 saturated heterocycles. The predicted molar refractivity (Wildman–Crippen MR) is 91.0 cm³/mol. The summed E-state index contributed by atoms with van der Waals surface area (Å²) >= 11 is 0. The van der Waals surface area contributed by atoms with Crippen molar-refractivity contribution in [1.29, 1.82) is 0 Å². The molecule has 0 saturated carbocycles. The van der Waals surface area contributed by atoms with Crippen molar-refractivity contribution >= 4 is 11.8 Å². The van der Waals surface area contributed by atoms with Crippen LogP contribution < -0.4 is 0 Å². The molecule has 7 heteroatoms. The molecule has 2 heterocycles. The zero-order valence-corrected chi connectivity index (χ0v) is 14.6. The average molecular weight is 344 g/mol. The van der Waals surface area contributed by atoms with E-state index in [1.165, 1.54) is 21.8 Å². The summed E-state index contributed by atoms with van der Waals surface area (Å²) in [6.07, 6.45) is 2.89. The highest BCUT2D eigenvalue weighted by molar-refractivity contribution is 5.98. The molecule has 0 spiro atoms. The lowest BCUT2D eigenvalue weighted by atomic mass is 10.1. The first-order valence-electron chi connectivity index (χ1n) is 8.23. The molecule has 0 N–H and O–H groups in total. The van der Waals surface area contributed by atoms with Gasteiger partial charge in [-0.05, 0) is 31.9 Å². The second-order valence-corrected chi connectivity index (χ2v) is 6.40. The Hall–Kier alpha value is -2.70. The normalized spacial score (nSPS) is 17.0. The summed E-state index contributed by atoms with van der Waals surface area (Å²) in [5.41, 5.74) is 1.24. The minimum Gasteiger partial charge on any atom is -0.347 e. The molecular weight excluding hydrogens is 323 g/mol. The van der Waals surface area contributed by atoms with Gasteiger partial charge in [0.25, 0.3) is 5.91 Å². The number of likely N-dealkylation sites (N-methyl/N-ethyl adjacent to an activating group) is 1. The molecule has 2 amide bonds. The van der Waals surface area contributed by atoms with Gasteiger partial charge in [-0.15, -0.1) is 0 Å². The standard InChI is InChI=1S/C18H21FN4O2/c1-12-13(11-20-23(12)15-8-5-4-7-14(15)19)17(24)22-10-6-9-16(22)18(25)21(2)3/h4-5,7-8,11,16H,6,9-10H2,1-3H3. The van der Waals surface area contributed by atoms with E-state index in [-0.39, 0.29) is 11.8 Å². The summed E-state index contributed by atoms with van der Waals surface area (Å²) < 4.78 is 15.4. The van der Waals surface area contributed by atoms with Crippen LogP contribution in [0.15, 0.2) is 30.5 Å². The van der Waals surface area contributed by atoms with Gasteiger partial charge >= 0.3 is 0 Å². The fraction of sp³-hybridized carbons (Fsp3) is 0.389. The van der Waals surface area contributed by atoms with Gasteiger partial charge in [-0.2, -0.15) is 5.10 Å². The van der Waals surface area contributed by atoms with E-state index >= 15 is 0 Å². The van der Waals surface area contributed by atoms with E-state index in [0.717, 1.165) is 6.42 Å². The maximum Gasteiger partial charge on any atom is 0.258 e. The van der Waals surface area contributed by atoms with Gasteiger partial charge in [0.05, 0.1) is 17.5 Å². The third-order valence-electron chi connectivity index (χ3n) is 4.56. The average Bonchev–Trinajstić information content (AvgIpc) is 3.21. The van der Waals surface area contributed by atoms with Gasteiger partial charge in [0.15, 0.2) is 0 Å². The van der Waals surface area contributed by atoms with Crippen LogP contribution in [0.3, 0.4) is 0 Å². The number of halogens is 1. The predicted octanol–water partition coefficient (Wildman–Crippen LogP) is 2.01. The number of carbonyl (C=O) groups is 2. The Labute approximate surface area is 145 Å². The fourth-order valence-corrected chi connectivity index (χ4v) is 3.21. The van der Waals surface area contributed by atoms with E-state index in [2.05, 4.69) is 5.10 Å². The summed E-state index contributed by atoms with van der Waals surface area (Å²) in [4.78, 5) is 28.4. The van der Waals surface area contributed by atoms with Crippen molar-refractivity contribution in [2.45, 2.75) is 25.8 Å². The van der Waals surface area contributed by atoms with Crippen LogP contribution in [0.5, 0.6) is 0 Å². The molecular formula is C18H21FN4O2. The van der Waals surface area contributed by atoms with Gasteiger partial charge in [0.1, 0.15) is 17.5 Å². The van der Waals surface area contributed by atoms with E-state index < -0.39 is 11.9 Å². The number of hydrogen-bond acceptors (Lipinski definition) is 3. The minimum absolute atomic E-state index is 0.0787. The highest BCUT2D eigenvalue weighted by Crippen LogP contribution is 2.24. The van der Waals surface area contributed by atoms with Crippen molar-refractivity contribution < 1.29 is 14.0 Å². The van der Waals surface area contributed by atoms with Crippen LogP contribution in [0.2, 0.25) is 0 Å². The first-order chi connectivity index (χ1) is 11.9. The molecule has 1 fully saturated rings. The number of rotatable bonds is 3. The molecule has 1 atom stereocenters. The summed E-state index contributed by atoms with van der Waals surface area (Å²) in [5, 5.41) is 4.18. The first-order valence-corrected chi connectivity index (χ1v) is 8.23. The Bertz CT molecular complexity index is 815. The largest absolute Gasteiger partial charge is 0.347 e. The SMILES string of the molecule is Cc1c(C(=O)N2CCCC2C(=O)N(C)C)cnn1-c1ccccc1F. The molecule has 0 radical (unpaired) electrons. The number of aromatic nitrogens is 2. The zero-order chi connectivity index (χ0) is 18.1. The van der Waals surface area contributed by atoms with Crippen LogP contribution in [-0.2, 0) is 4.79 Å². The third-order valence-corrected chi connectivity index (χ3v) is 4.56. The maximum absolute atomic E-state index is 14.0. The first kappa shape index (κ1) is 17.1. The van der Waals surface area contributed by atoms with Gasteiger partial charge in [0, 0.05) is 20.6 Å². The Morgan fingerprint density at radius 3 is 2.68 bits per heavy atom. The topological polar surface area (TPSA) is 58.4 Å². The number of benzene rings is 1. The van der Waals surface area contributed by atoms with Crippen molar-refractivity contribution in [2.24, 2.45) is 0 Å². The summed E-state index contributed by atoms with van der Waals surface area (Å²) in [6.45, 7) is 2.26. The summed E-state index contributed by atoms with van der Waals surface area (Å²) in [7, 11) is 3.37. The van der Waals surface area contributed by atoms with Gasteiger partial charge in [-0.25, -0.2) is 9.07 Å². The zero-order valence-electron chi connectivity index (χ0n) is 14.6. The van der Waals surface area contributed by atoms with Gasteiger partial charge < -0.3 is 9.80 Å². The molecule has 0 bridgehead atoms. The molecule has 1 aromatic heterocycles. The van der Waals surface area contributed by atoms with Gasteiger partial charge in [0.2, 0.25) is 5.91 Å². The molecule has 2 aromatic rings. The number of hydrogen-bond donors (Lipinski definition) is 0. The Balaban J connectivity index is 1.91. The Morgan fingerprint density at radius 2 is 2.00 bits per heavy atom. The molecule has 1 aromatic carbocycles. The quantitative estimate of drug-likeness (QED) is 0.856. The van der Waals surface area contributed by atoms with Crippen LogP contribution >= 0.6 is 0 Å². The lowest BCUT2D eigenvalue weighted by molar-refractivity contribution is -0.132. The lowest BCUT2D eigenvalue weighted by Crippen LogP contribution is -2.45. The Kier molecular flexibility index (Phi) is 4.57. The van der Waals surface area contributed by atoms with Crippen molar-refractivity contribution in [3.8, 4) is 5.69 Å². The van der Waals surface area contributed by atoms with E-state index in [9.17, 15) is 14.0 Å². The number of carbonyl (C=O) groups excluding carboxylic acids is 2. The van der Waals surface area contributed by atoms with E-state index in [4.69, 9.17) is 0 Å². The van der Waals surface area contributed by atoms with Gasteiger partial charge in [-0.3, -0.25) is 9.59 Å². The molecule has 0 aliphatic carbocycles. The highest BCUT2D eigenvalue weighted by Gasteiger charge is 2.36. The smallest absolute Gasteiger partial charge is 0.258 e. The van der Waals surface area contributed by atoms with Crippen LogP contribution in [0.1, 0.15) is 28.9 Å². The number of para-hydroxylation sites is 1. The molecule has 1 unspecified atom stereocenters.